The second-order valence-corrected chi connectivity index (χ2v) is 7.00. The van der Waals surface area contributed by atoms with Gasteiger partial charge in [0.15, 0.2) is 6.10 Å². The lowest BCUT2D eigenvalue weighted by molar-refractivity contribution is 0.0490. The van der Waals surface area contributed by atoms with E-state index in [9.17, 15) is 8.42 Å². The van der Waals surface area contributed by atoms with Gasteiger partial charge in [0.2, 0.25) is 0 Å². The summed E-state index contributed by atoms with van der Waals surface area (Å²) < 4.78 is 29.4. The zero-order valence-corrected chi connectivity index (χ0v) is 13.5. The quantitative estimate of drug-likeness (QED) is 0.790. The molecule has 0 aliphatic carbocycles. The fraction of sp³-hybridized carbons (Fsp3) is 0.235. The number of oxime groups is 1. The number of rotatable bonds is 5. The van der Waals surface area contributed by atoms with E-state index in [0.717, 1.165) is 16.8 Å². The zero-order chi connectivity index (χ0) is 16.3. The Kier molecular flexibility index (Phi) is 4.45. The molecule has 1 aliphatic heterocycles. The third kappa shape index (κ3) is 3.78. The molecule has 0 radical (unpaired) electrons. The maximum Gasteiger partial charge on any atom is 0.297 e. The van der Waals surface area contributed by atoms with Crippen molar-refractivity contribution in [2.75, 3.05) is 6.61 Å². The summed E-state index contributed by atoms with van der Waals surface area (Å²) in [6, 6.07) is 16.2. The fourth-order valence-electron chi connectivity index (χ4n) is 2.26. The molecule has 2 aromatic carbocycles. The lowest BCUT2D eigenvalue weighted by atomic mass is 10.1. The third-order valence-electron chi connectivity index (χ3n) is 3.56. The molecule has 23 heavy (non-hydrogen) atoms. The number of benzene rings is 2. The Morgan fingerprint density at radius 3 is 2.52 bits per heavy atom. The minimum atomic E-state index is -3.78. The van der Waals surface area contributed by atoms with Crippen LogP contribution in [0.3, 0.4) is 0 Å². The van der Waals surface area contributed by atoms with Gasteiger partial charge in [0.25, 0.3) is 10.1 Å². The second kappa shape index (κ2) is 6.52. The normalized spacial score (nSPS) is 17.6. The molecule has 0 aromatic heterocycles. The van der Waals surface area contributed by atoms with Crippen LogP contribution in [0.4, 0.5) is 0 Å². The Bertz CT molecular complexity index is 798. The maximum absolute atomic E-state index is 12.1. The molecule has 2 aromatic rings. The summed E-state index contributed by atoms with van der Waals surface area (Å²) >= 11 is 0. The number of aryl methyl sites for hydroxylation is 1. The van der Waals surface area contributed by atoms with Gasteiger partial charge in [-0.2, -0.15) is 8.42 Å². The fourth-order valence-corrected chi connectivity index (χ4v) is 3.19. The number of nitrogens with zero attached hydrogens (tertiary/aromatic N) is 1. The lowest BCUT2D eigenvalue weighted by Crippen LogP contribution is -2.19. The van der Waals surface area contributed by atoms with Crippen molar-refractivity contribution in [3.8, 4) is 0 Å². The standard InChI is InChI=1S/C17H17NO4S/c1-13-7-9-16(10-8-13)23(19,20)21-12-15-11-17(18-22-15)14-5-3-2-4-6-14/h2-10,15H,11-12H2,1H3/t15-/m0/s1. The summed E-state index contributed by atoms with van der Waals surface area (Å²) in [7, 11) is -3.78. The smallest absolute Gasteiger partial charge is 0.297 e. The van der Waals surface area contributed by atoms with E-state index >= 15 is 0 Å². The Labute approximate surface area is 135 Å². The molecule has 3 rings (SSSR count). The van der Waals surface area contributed by atoms with Gasteiger partial charge in [0.05, 0.1) is 10.6 Å². The SMILES string of the molecule is Cc1ccc(S(=O)(=O)OC[C@@H]2CC(c3ccccc3)=NO2)cc1. The van der Waals surface area contributed by atoms with Crippen molar-refractivity contribution in [2.24, 2.45) is 5.16 Å². The predicted molar refractivity (Wildman–Crippen MR) is 86.8 cm³/mol. The average Bonchev–Trinajstić information content (AvgIpc) is 3.03. The van der Waals surface area contributed by atoms with E-state index in [1.807, 2.05) is 37.3 Å². The topological polar surface area (TPSA) is 65.0 Å². The molecule has 1 aliphatic rings. The summed E-state index contributed by atoms with van der Waals surface area (Å²) in [6.07, 6.45) is 0.124. The molecule has 0 saturated carbocycles. The summed E-state index contributed by atoms with van der Waals surface area (Å²) in [5.41, 5.74) is 2.76. The first-order valence-electron chi connectivity index (χ1n) is 7.29. The maximum atomic E-state index is 12.1. The minimum absolute atomic E-state index is 0.0595. The molecule has 0 bridgehead atoms. The molecule has 1 atom stereocenters. The highest BCUT2D eigenvalue weighted by Gasteiger charge is 2.25. The molecule has 0 amide bonds. The highest BCUT2D eigenvalue weighted by molar-refractivity contribution is 7.86. The van der Waals surface area contributed by atoms with E-state index in [-0.39, 0.29) is 11.5 Å². The van der Waals surface area contributed by atoms with Crippen molar-refractivity contribution in [3.63, 3.8) is 0 Å². The van der Waals surface area contributed by atoms with Crippen LogP contribution in [-0.2, 0) is 19.1 Å². The molecule has 0 saturated heterocycles. The summed E-state index contributed by atoms with van der Waals surface area (Å²) in [6.45, 7) is 1.84. The van der Waals surface area contributed by atoms with Crippen molar-refractivity contribution < 1.29 is 17.4 Å². The first-order chi connectivity index (χ1) is 11.0. The summed E-state index contributed by atoms with van der Waals surface area (Å²) in [4.78, 5) is 5.41. The van der Waals surface area contributed by atoms with Gasteiger partial charge >= 0.3 is 0 Å². The average molecular weight is 331 g/mol. The first kappa shape index (κ1) is 15.7. The monoisotopic (exact) mass is 331 g/mol. The van der Waals surface area contributed by atoms with E-state index in [1.54, 1.807) is 12.1 Å². The van der Waals surface area contributed by atoms with Gasteiger partial charge in [-0.05, 0) is 24.6 Å². The van der Waals surface area contributed by atoms with Gasteiger partial charge in [0.1, 0.15) is 6.61 Å². The Morgan fingerprint density at radius 1 is 1.13 bits per heavy atom. The van der Waals surface area contributed by atoms with Crippen LogP contribution in [0.1, 0.15) is 17.5 Å². The van der Waals surface area contributed by atoms with Crippen LogP contribution in [0, 0.1) is 6.92 Å². The second-order valence-electron chi connectivity index (χ2n) is 5.39. The van der Waals surface area contributed by atoms with Crippen LogP contribution in [-0.4, -0.2) is 26.8 Å². The molecule has 5 nitrogen and oxygen atoms in total. The van der Waals surface area contributed by atoms with Gasteiger partial charge in [-0.25, -0.2) is 0 Å². The van der Waals surface area contributed by atoms with Crippen LogP contribution < -0.4 is 0 Å². The number of hydrogen-bond donors (Lipinski definition) is 0. The van der Waals surface area contributed by atoms with Crippen LogP contribution in [0.15, 0.2) is 64.6 Å². The van der Waals surface area contributed by atoms with E-state index in [0.29, 0.717) is 6.42 Å². The van der Waals surface area contributed by atoms with Gasteiger partial charge in [0, 0.05) is 6.42 Å². The van der Waals surface area contributed by atoms with Crippen LogP contribution in [0.2, 0.25) is 0 Å². The largest absolute Gasteiger partial charge is 0.389 e. The van der Waals surface area contributed by atoms with Crippen molar-refractivity contribution in [1.82, 2.24) is 0 Å². The minimum Gasteiger partial charge on any atom is -0.389 e. The van der Waals surface area contributed by atoms with Crippen molar-refractivity contribution >= 4 is 15.8 Å². The van der Waals surface area contributed by atoms with Crippen LogP contribution in [0.5, 0.6) is 0 Å². The van der Waals surface area contributed by atoms with Crippen molar-refractivity contribution in [3.05, 3.63) is 65.7 Å². The van der Waals surface area contributed by atoms with Crippen LogP contribution in [0.25, 0.3) is 0 Å². The van der Waals surface area contributed by atoms with Gasteiger partial charge in [-0.1, -0.05) is 53.2 Å². The molecule has 0 spiro atoms. The Balaban J connectivity index is 1.59. The Morgan fingerprint density at radius 2 is 1.83 bits per heavy atom. The molecule has 1 heterocycles. The first-order valence-corrected chi connectivity index (χ1v) is 8.70. The molecule has 6 heteroatoms. The van der Waals surface area contributed by atoms with Gasteiger partial charge in [-0.15, -0.1) is 0 Å². The van der Waals surface area contributed by atoms with Gasteiger partial charge < -0.3 is 4.84 Å². The highest BCUT2D eigenvalue weighted by atomic mass is 32.2. The zero-order valence-electron chi connectivity index (χ0n) is 12.7. The molecule has 0 unspecified atom stereocenters. The third-order valence-corrected chi connectivity index (χ3v) is 4.85. The number of hydrogen-bond acceptors (Lipinski definition) is 5. The van der Waals surface area contributed by atoms with Crippen LogP contribution >= 0.6 is 0 Å². The summed E-state index contributed by atoms with van der Waals surface area (Å²) in [5.74, 6) is 0. The predicted octanol–water partition coefficient (Wildman–Crippen LogP) is 2.89. The molecule has 120 valence electrons. The van der Waals surface area contributed by atoms with Crippen molar-refractivity contribution in [2.45, 2.75) is 24.3 Å². The van der Waals surface area contributed by atoms with E-state index in [2.05, 4.69) is 5.16 Å². The van der Waals surface area contributed by atoms with Gasteiger partial charge in [-0.3, -0.25) is 4.18 Å². The summed E-state index contributed by atoms with van der Waals surface area (Å²) in [5, 5.41) is 4.01. The Hall–Kier alpha value is -2.18. The highest BCUT2D eigenvalue weighted by Crippen LogP contribution is 2.19. The van der Waals surface area contributed by atoms with E-state index in [4.69, 9.17) is 9.02 Å². The van der Waals surface area contributed by atoms with Crippen molar-refractivity contribution in [1.29, 1.82) is 0 Å². The van der Waals surface area contributed by atoms with E-state index < -0.39 is 16.2 Å². The van der Waals surface area contributed by atoms with E-state index in [1.165, 1.54) is 12.1 Å². The molecule has 0 N–H and O–H groups in total. The molecular weight excluding hydrogens is 314 g/mol. The lowest BCUT2D eigenvalue weighted by Gasteiger charge is -2.09. The molecular formula is C17H17NO4S. The molecule has 0 fully saturated rings.